The molecule has 0 spiro atoms. The number of nitriles is 1. The number of nitrogens with zero attached hydrogens (tertiary/aromatic N) is 1. The molecule has 1 aromatic carbocycles. The highest BCUT2D eigenvalue weighted by atomic mass is 19.1. The minimum absolute atomic E-state index is 0.222. The monoisotopic (exact) mass is 248 g/mol. The summed E-state index contributed by atoms with van der Waals surface area (Å²) in [6, 6.07) is 6.71. The van der Waals surface area contributed by atoms with Gasteiger partial charge in [-0.3, -0.25) is 0 Å². The van der Waals surface area contributed by atoms with Gasteiger partial charge in [0.2, 0.25) is 0 Å². The summed E-state index contributed by atoms with van der Waals surface area (Å²) in [6.07, 6.45) is 3.55. The summed E-state index contributed by atoms with van der Waals surface area (Å²) >= 11 is 0. The van der Waals surface area contributed by atoms with Gasteiger partial charge in [0.05, 0.1) is 24.8 Å². The van der Waals surface area contributed by atoms with Gasteiger partial charge < -0.3 is 10.1 Å². The van der Waals surface area contributed by atoms with Crippen molar-refractivity contribution in [2.75, 3.05) is 13.2 Å². The first-order chi connectivity index (χ1) is 8.79. The zero-order valence-corrected chi connectivity index (χ0v) is 10.3. The smallest absolute Gasteiger partial charge is 0.128 e. The quantitative estimate of drug-likeness (QED) is 0.889. The van der Waals surface area contributed by atoms with Crippen molar-refractivity contribution < 1.29 is 9.13 Å². The lowest BCUT2D eigenvalue weighted by molar-refractivity contribution is 0.0893. The van der Waals surface area contributed by atoms with E-state index in [1.807, 2.05) is 6.07 Å². The van der Waals surface area contributed by atoms with Crippen LogP contribution in [0.2, 0.25) is 0 Å². The van der Waals surface area contributed by atoms with Crippen LogP contribution in [0.15, 0.2) is 18.2 Å². The Labute approximate surface area is 107 Å². The summed E-state index contributed by atoms with van der Waals surface area (Å²) in [6.45, 7) is 1.85. The second-order valence-electron chi connectivity index (χ2n) is 4.58. The molecule has 1 saturated heterocycles. The fraction of sp³-hybridized carbons (Fsp3) is 0.500. The zero-order valence-electron chi connectivity index (χ0n) is 10.3. The van der Waals surface area contributed by atoms with Gasteiger partial charge in [-0.15, -0.1) is 0 Å². The van der Waals surface area contributed by atoms with Crippen molar-refractivity contribution in [1.29, 1.82) is 5.26 Å². The maximum atomic E-state index is 13.5. The van der Waals surface area contributed by atoms with Crippen LogP contribution in [0, 0.1) is 17.1 Å². The molecule has 0 bridgehead atoms. The number of piperidine rings is 1. The van der Waals surface area contributed by atoms with E-state index < -0.39 is 0 Å². The number of benzene rings is 1. The molecule has 0 amide bonds. The predicted molar refractivity (Wildman–Crippen MR) is 66.4 cm³/mol. The average Bonchev–Trinajstić information content (AvgIpc) is 2.42. The Balaban J connectivity index is 1.84. The van der Waals surface area contributed by atoms with Crippen molar-refractivity contribution in [2.45, 2.75) is 31.9 Å². The molecule has 1 unspecified atom stereocenters. The van der Waals surface area contributed by atoms with E-state index >= 15 is 0 Å². The molecular weight excluding hydrogens is 231 g/mol. The highest BCUT2D eigenvalue weighted by molar-refractivity contribution is 5.33. The first kappa shape index (κ1) is 13.0. The van der Waals surface area contributed by atoms with Crippen molar-refractivity contribution in [3.63, 3.8) is 0 Å². The van der Waals surface area contributed by atoms with E-state index in [1.165, 1.54) is 25.0 Å². The number of halogens is 1. The van der Waals surface area contributed by atoms with Crippen LogP contribution in [0.4, 0.5) is 4.39 Å². The molecular formula is C14H17FN2O. The fourth-order valence-electron chi connectivity index (χ4n) is 2.13. The number of hydrogen-bond donors (Lipinski definition) is 1. The van der Waals surface area contributed by atoms with Crippen LogP contribution >= 0.6 is 0 Å². The minimum Gasteiger partial charge on any atom is -0.375 e. The molecule has 1 atom stereocenters. The van der Waals surface area contributed by atoms with Gasteiger partial charge in [-0.1, -0.05) is 6.42 Å². The summed E-state index contributed by atoms with van der Waals surface area (Å²) in [5.41, 5.74) is 0.913. The summed E-state index contributed by atoms with van der Waals surface area (Å²) in [5, 5.41) is 12.1. The molecule has 3 nitrogen and oxygen atoms in total. The molecule has 2 rings (SSSR count). The van der Waals surface area contributed by atoms with Crippen molar-refractivity contribution in [3.05, 3.63) is 35.1 Å². The molecule has 96 valence electrons. The van der Waals surface area contributed by atoms with Gasteiger partial charge in [0, 0.05) is 11.6 Å². The Kier molecular flexibility index (Phi) is 4.68. The second-order valence-corrected chi connectivity index (χ2v) is 4.58. The normalized spacial score (nSPS) is 19.4. The number of rotatable bonds is 4. The van der Waals surface area contributed by atoms with E-state index in [-0.39, 0.29) is 12.4 Å². The van der Waals surface area contributed by atoms with Crippen LogP contribution in [0.25, 0.3) is 0 Å². The lowest BCUT2D eigenvalue weighted by Crippen LogP contribution is -2.37. The SMILES string of the molecule is N#Cc1ccc(F)c(COCC2CCCCN2)c1. The van der Waals surface area contributed by atoms with Crippen LogP contribution in [0.3, 0.4) is 0 Å². The Bertz CT molecular complexity index is 436. The third kappa shape index (κ3) is 3.52. The lowest BCUT2D eigenvalue weighted by atomic mass is 10.1. The van der Waals surface area contributed by atoms with Crippen LogP contribution in [-0.4, -0.2) is 19.2 Å². The van der Waals surface area contributed by atoms with Gasteiger partial charge in [0.1, 0.15) is 5.82 Å². The molecule has 0 saturated carbocycles. The third-order valence-corrected chi connectivity index (χ3v) is 3.16. The maximum Gasteiger partial charge on any atom is 0.128 e. The summed E-state index contributed by atoms with van der Waals surface area (Å²) in [7, 11) is 0. The van der Waals surface area contributed by atoms with Crippen LogP contribution < -0.4 is 5.32 Å². The van der Waals surface area contributed by atoms with E-state index in [1.54, 1.807) is 6.07 Å². The summed E-state index contributed by atoms with van der Waals surface area (Å²) in [5.74, 6) is -0.314. The van der Waals surface area contributed by atoms with Crippen molar-refractivity contribution in [2.24, 2.45) is 0 Å². The van der Waals surface area contributed by atoms with Crippen molar-refractivity contribution >= 4 is 0 Å². The topological polar surface area (TPSA) is 45.0 Å². The molecule has 0 aliphatic carbocycles. The Hall–Kier alpha value is -1.44. The maximum absolute atomic E-state index is 13.5. The van der Waals surface area contributed by atoms with Crippen LogP contribution in [-0.2, 0) is 11.3 Å². The van der Waals surface area contributed by atoms with Crippen LogP contribution in [0.5, 0.6) is 0 Å². The average molecular weight is 248 g/mol. The molecule has 0 aromatic heterocycles. The van der Waals surface area contributed by atoms with E-state index in [9.17, 15) is 4.39 Å². The highest BCUT2D eigenvalue weighted by Crippen LogP contribution is 2.13. The van der Waals surface area contributed by atoms with Crippen molar-refractivity contribution in [1.82, 2.24) is 5.32 Å². The lowest BCUT2D eigenvalue weighted by Gasteiger charge is -2.23. The molecule has 4 heteroatoms. The molecule has 1 aliphatic rings. The number of ether oxygens (including phenoxy) is 1. The first-order valence-electron chi connectivity index (χ1n) is 6.29. The van der Waals surface area contributed by atoms with Gasteiger partial charge in [-0.25, -0.2) is 4.39 Å². The van der Waals surface area contributed by atoms with Gasteiger partial charge >= 0.3 is 0 Å². The zero-order chi connectivity index (χ0) is 12.8. The molecule has 18 heavy (non-hydrogen) atoms. The molecule has 1 aromatic rings. The number of nitrogens with one attached hydrogen (secondary N) is 1. The Morgan fingerprint density at radius 1 is 1.44 bits per heavy atom. The van der Waals surface area contributed by atoms with Gasteiger partial charge in [-0.2, -0.15) is 5.26 Å². The molecule has 1 heterocycles. The molecule has 1 N–H and O–H groups in total. The predicted octanol–water partition coefficient (Wildman–Crippen LogP) is 2.36. The van der Waals surface area contributed by atoms with E-state index in [0.717, 1.165) is 13.0 Å². The standard InChI is InChI=1S/C14H17FN2O/c15-14-5-4-11(8-16)7-12(14)9-18-10-13-3-1-2-6-17-13/h4-5,7,13,17H,1-3,6,9-10H2. The number of hydrogen-bond acceptors (Lipinski definition) is 3. The molecule has 1 fully saturated rings. The largest absolute Gasteiger partial charge is 0.375 e. The van der Waals surface area contributed by atoms with E-state index in [2.05, 4.69) is 5.32 Å². The van der Waals surface area contributed by atoms with Crippen molar-refractivity contribution in [3.8, 4) is 6.07 Å². The first-order valence-corrected chi connectivity index (χ1v) is 6.29. The molecule has 0 radical (unpaired) electrons. The Morgan fingerprint density at radius 3 is 3.06 bits per heavy atom. The molecule has 1 aliphatic heterocycles. The minimum atomic E-state index is -0.314. The third-order valence-electron chi connectivity index (χ3n) is 3.16. The summed E-state index contributed by atoms with van der Waals surface area (Å²) < 4.78 is 19.0. The Morgan fingerprint density at radius 2 is 2.33 bits per heavy atom. The van der Waals surface area contributed by atoms with Crippen LogP contribution in [0.1, 0.15) is 30.4 Å². The van der Waals surface area contributed by atoms with E-state index in [4.69, 9.17) is 10.00 Å². The highest BCUT2D eigenvalue weighted by Gasteiger charge is 2.12. The van der Waals surface area contributed by atoms with Gasteiger partial charge in [0.15, 0.2) is 0 Å². The summed E-state index contributed by atoms with van der Waals surface area (Å²) in [4.78, 5) is 0. The van der Waals surface area contributed by atoms with Gasteiger partial charge in [-0.05, 0) is 37.6 Å². The van der Waals surface area contributed by atoms with Gasteiger partial charge in [0.25, 0.3) is 0 Å². The fourth-order valence-corrected chi connectivity index (χ4v) is 2.13. The second kappa shape index (κ2) is 6.48. The van der Waals surface area contributed by atoms with E-state index in [0.29, 0.717) is 23.8 Å².